The van der Waals surface area contributed by atoms with E-state index >= 15 is 0 Å². The summed E-state index contributed by atoms with van der Waals surface area (Å²) in [6.07, 6.45) is -0.886. The molecule has 3 atom stereocenters. The molecule has 0 aromatic rings. The van der Waals surface area contributed by atoms with Gasteiger partial charge < -0.3 is 0 Å². The molecule has 0 aromatic carbocycles. The zero-order valence-electron chi connectivity index (χ0n) is 6.84. The van der Waals surface area contributed by atoms with Crippen molar-refractivity contribution in [3.05, 3.63) is 20.6 Å². The summed E-state index contributed by atoms with van der Waals surface area (Å²) in [4.78, 5) is 12.3. The molecule has 1 aliphatic carbocycles. The predicted molar refractivity (Wildman–Crippen MR) is 42.5 cm³/mol. The van der Waals surface area contributed by atoms with Crippen molar-refractivity contribution in [2.24, 2.45) is 5.11 Å². The van der Waals surface area contributed by atoms with Gasteiger partial charge in [-0.2, -0.15) is 0 Å². The lowest BCUT2D eigenvalue weighted by Gasteiger charge is -2.23. The summed E-state index contributed by atoms with van der Waals surface area (Å²) < 4.78 is 12.9. The summed E-state index contributed by atoms with van der Waals surface area (Å²) in [6.45, 7) is 0. The van der Waals surface area contributed by atoms with Gasteiger partial charge in [0.05, 0.1) is 0 Å². The van der Waals surface area contributed by atoms with Gasteiger partial charge in [-0.1, -0.05) is 5.11 Å². The van der Waals surface area contributed by atoms with E-state index in [-0.39, 0.29) is 12.8 Å². The zero-order chi connectivity index (χ0) is 9.84. The Morgan fingerprint density at radius 2 is 2.31 bits per heavy atom. The van der Waals surface area contributed by atoms with E-state index in [9.17, 15) is 14.5 Å². The number of rotatable bonds is 2. The van der Waals surface area contributed by atoms with Crippen molar-refractivity contribution in [1.82, 2.24) is 0 Å². The third kappa shape index (κ3) is 2.29. The quantitative estimate of drug-likeness (QED) is 0.217. The van der Waals surface area contributed by atoms with Gasteiger partial charge >= 0.3 is 0 Å². The maximum Gasteiger partial charge on any atom is 0.244 e. The van der Waals surface area contributed by atoms with E-state index in [4.69, 9.17) is 5.53 Å². The van der Waals surface area contributed by atoms with Crippen molar-refractivity contribution in [3.8, 4) is 0 Å². The van der Waals surface area contributed by atoms with Crippen LogP contribution in [-0.2, 0) is 0 Å². The van der Waals surface area contributed by atoms with Gasteiger partial charge in [0, 0.05) is 22.3 Å². The zero-order valence-corrected chi connectivity index (χ0v) is 6.84. The normalized spacial score (nSPS) is 33.5. The van der Waals surface area contributed by atoms with Crippen molar-refractivity contribution < 1.29 is 9.31 Å². The second kappa shape index (κ2) is 4.04. The van der Waals surface area contributed by atoms with Gasteiger partial charge in [0.25, 0.3) is 0 Å². The van der Waals surface area contributed by atoms with Crippen LogP contribution in [0.2, 0.25) is 0 Å². The molecule has 1 aliphatic rings. The molecule has 0 aromatic heterocycles. The first kappa shape index (κ1) is 9.73. The highest BCUT2D eigenvalue weighted by Gasteiger charge is 2.38. The van der Waals surface area contributed by atoms with E-state index in [0.29, 0.717) is 6.42 Å². The second-order valence-corrected chi connectivity index (χ2v) is 3.04. The molecule has 0 heterocycles. The van der Waals surface area contributed by atoms with Crippen molar-refractivity contribution in [2.45, 2.75) is 37.5 Å². The van der Waals surface area contributed by atoms with Crippen molar-refractivity contribution in [3.63, 3.8) is 0 Å². The first-order valence-electron chi connectivity index (χ1n) is 3.97. The summed E-state index contributed by atoms with van der Waals surface area (Å²) in [5, 5.41) is 13.7. The molecule has 0 spiro atoms. The number of nitro groups is 1. The SMILES string of the molecule is [N-]=[N+]=NC1CCC(F)C([N+](=O)[O-])C1. The summed E-state index contributed by atoms with van der Waals surface area (Å²) in [7, 11) is 0. The molecule has 1 rings (SSSR count). The third-order valence-corrected chi connectivity index (χ3v) is 2.19. The van der Waals surface area contributed by atoms with Gasteiger partial charge in [-0.15, -0.1) is 0 Å². The number of hydrogen-bond acceptors (Lipinski definition) is 3. The number of alkyl halides is 1. The monoisotopic (exact) mass is 188 g/mol. The Morgan fingerprint density at radius 1 is 1.62 bits per heavy atom. The number of hydrogen-bond donors (Lipinski definition) is 0. The van der Waals surface area contributed by atoms with Crippen LogP contribution in [0.15, 0.2) is 5.11 Å². The lowest BCUT2D eigenvalue weighted by atomic mass is 9.90. The highest BCUT2D eigenvalue weighted by Crippen LogP contribution is 2.25. The largest absolute Gasteiger partial charge is 0.264 e. The molecular formula is C6H9FN4O2. The molecule has 72 valence electrons. The van der Waals surface area contributed by atoms with Crippen LogP contribution in [0.5, 0.6) is 0 Å². The van der Waals surface area contributed by atoms with Gasteiger partial charge in [0.1, 0.15) is 0 Å². The molecule has 3 unspecified atom stereocenters. The Morgan fingerprint density at radius 3 is 2.85 bits per heavy atom. The highest BCUT2D eigenvalue weighted by atomic mass is 19.1. The summed E-state index contributed by atoms with van der Waals surface area (Å²) in [5.74, 6) is 0. The number of nitrogens with zero attached hydrogens (tertiary/aromatic N) is 4. The molecule has 6 nitrogen and oxygen atoms in total. The molecule has 0 radical (unpaired) electrons. The fourth-order valence-corrected chi connectivity index (χ4v) is 1.48. The standard InChI is InChI=1S/C6H9FN4O2/c7-5-2-1-4(9-10-8)3-6(5)11(12)13/h4-6H,1-3H2. The lowest BCUT2D eigenvalue weighted by molar-refractivity contribution is -0.534. The molecule has 0 saturated heterocycles. The first-order chi connectivity index (χ1) is 6.15. The van der Waals surface area contributed by atoms with E-state index in [0.717, 1.165) is 0 Å². The van der Waals surface area contributed by atoms with Crippen LogP contribution < -0.4 is 0 Å². The van der Waals surface area contributed by atoms with Gasteiger partial charge in [-0.25, -0.2) is 4.39 Å². The number of azide groups is 1. The van der Waals surface area contributed by atoms with Crippen LogP contribution in [0.1, 0.15) is 19.3 Å². The average molecular weight is 188 g/mol. The predicted octanol–water partition coefficient (Wildman–Crippen LogP) is 1.83. The molecule has 1 fully saturated rings. The topological polar surface area (TPSA) is 91.9 Å². The van der Waals surface area contributed by atoms with Gasteiger partial charge in [-0.05, 0) is 18.4 Å². The molecular weight excluding hydrogens is 179 g/mol. The van der Waals surface area contributed by atoms with Gasteiger partial charge in [0.2, 0.25) is 6.04 Å². The Labute approximate surface area is 73.5 Å². The molecule has 13 heavy (non-hydrogen) atoms. The Kier molecular flexibility index (Phi) is 3.02. The van der Waals surface area contributed by atoms with Crippen molar-refractivity contribution >= 4 is 0 Å². The maximum atomic E-state index is 12.9. The van der Waals surface area contributed by atoms with E-state index in [1.165, 1.54) is 0 Å². The van der Waals surface area contributed by atoms with Crippen LogP contribution >= 0.6 is 0 Å². The van der Waals surface area contributed by atoms with Crippen LogP contribution in [0.25, 0.3) is 10.4 Å². The minimum absolute atomic E-state index is 0.0121. The Balaban J connectivity index is 2.62. The lowest BCUT2D eigenvalue weighted by Crippen LogP contribution is -2.38. The van der Waals surface area contributed by atoms with Crippen LogP contribution in [-0.4, -0.2) is 23.2 Å². The average Bonchev–Trinajstić information content (AvgIpc) is 2.08. The summed E-state index contributed by atoms with van der Waals surface area (Å²) >= 11 is 0. The fraction of sp³-hybridized carbons (Fsp3) is 1.00. The molecule has 0 amide bonds. The third-order valence-electron chi connectivity index (χ3n) is 2.19. The molecule has 0 bridgehead atoms. The van der Waals surface area contributed by atoms with Crippen LogP contribution in [0, 0.1) is 10.1 Å². The summed E-state index contributed by atoms with van der Waals surface area (Å²) in [6, 6.07) is -1.63. The van der Waals surface area contributed by atoms with Gasteiger partial charge in [0.15, 0.2) is 6.17 Å². The van der Waals surface area contributed by atoms with Gasteiger partial charge in [-0.3, -0.25) is 10.1 Å². The minimum atomic E-state index is -1.40. The van der Waals surface area contributed by atoms with Crippen molar-refractivity contribution in [2.75, 3.05) is 0 Å². The fourth-order valence-electron chi connectivity index (χ4n) is 1.48. The first-order valence-corrected chi connectivity index (χ1v) is 3.97. The molecule has 0 N–H and O–H groups in total. The maximum absolute atomic E-state index is 12.9. The summed E-state index contributed by atoms with van der Waals surface area (Å²) in [5.41, 5.74) is 8.10. The molecule has 0 aliphatic heterocycles. The Hall–Kier alpha value is -1.36. The van der Waals surface area contributed by atoms with E-state index in [2.05, 4.69) is 10.0 Å². The van der Waals surface area contributed by atoms with Crippen LogP contribution in [0.3, 0.4) is 0 Å². The Bertz CT molecular complexity index is 253. The second-order valence-electron chi connectivity index (χ2n) is 3.04. The van der Waals surface area contributed by atoms with Crippen molar-refractivity contribution in [1.29, 1.82) is 0 Å². The molecule has 7 heteroatoms. The minimum Gasteiger partial charge on any atom is -0.264 e. The van der Waals surface area contributed by atoms with E-state index in [1.54, 1.807) is 0 Å². The van der Waals surface area contributed by atoms with E-state index in [1.807, 2.05) is 0 Å². The highest BCUT2D eigenvalue weighted by molar-refractivity contribution is 4.84. The molecule has 1 saturated carbocycles. The van der Waals surface area contributed by atoms with E-state index < -0.39 is 23.2 Å². The van der Waals surface area contributed by atoms with Crippen LogP contribution in [0.4, 0.5) is 4.39 Å². The number of halogens is 1. The smallest absolute Gasteiger partial charge is 0.244 e.